The number of hydrogen-bond acceptors (Lipinski definition) is 2. The average molecular weight is 207 g/mol. The van der Waals surface area contributed by atoms with E-state index in [1.165, 1.54) is 6.92 Å². The fourth-order valence-electron chi connectivity index (χ4n) is 0.684. The monoisotopic (exact) mass is 207 g/mol. The first kappa shape index (κ1) is 12.4. The Labute approximate surface area is 77.0 Å². The van der Waals surface area contributed by atoms with Crippen LogP contribution in [-0.2, 0) is 9.36 Å². The minimum atomic E-state index is -4.33. The van der Waals surface area contributed by atoms with Gasteiger partial charge in [-0.2, -0.15) is 0 Å². The Morgan fingerprint density at radius 1 is 1.69 bits per heavy atom. The molecule has 0 aliphatic rings. The SMILES string of the molecule is C=CC(=O)NC(C)(CC)P(=O)(O)O. The summed E-state index contributed by atoms with van der Waals surface area (Å²) in [5.74, 6) is -0.590. The molecule has 0 saturated carbocycles. The van der Waals surface area contributed by atoms with E-state index in [2.05, 4.69) is 11.9 Å². The lowest BCUT2D eigenvalue weighted by Gasteiger charge is -2.29. The first-order chi connectivity index (χ1) is 5.77. The normalized spacial score (nSPS) is 16.0. The van der Waals surface area contributed by atoms with E-state index in [-0.39, 0.29) is 6.42 Å². The van der Waals surface area contributed by atoms with E-state index >= 15 is 0 Å². The lowest BCUT2D eigenvalue weighted by molar-refractivity contribution is -0.117. The zero-order chi connectivity index (χ0) is 10.7. The highest BCUT2D eigenvalue weighted by Crippen LogP contribution is 2.50. The Kier molecular flexibility index (Phi) is 3.85. The van der Waals surface area contributed by atoms with Gasteiger partial charge in [-0.25, -0.2) is 0 Å². The Balaban J connectivity index is 4.76. The highest BCUT2D eigenvalue weighted by atomic mass is 31.2. The Hall–Kier alpha value is -0.640. The van der Waals surface area contributed by atoms with Crippen LogP contribution < -0.4 is 5.32 Å². The van der Waals surface area contributed by atoms with Crippen molar-refractivity contribution in [2.45, 2.75) is 25.5 Å². The van der Waals surface area contributed by atoms with Crippen molar-refractivity contribution < 1.29 is 19.1 Å². The van der Waals surface area contributed by atoms with Gasteiger partial charge in [0.15, 0.2) is 0 Å². The Morgan fingerprint density at radius 3 is 2.38 bits per heavy atom. The quantitative estimate of drug-likeness (QED) is 0.465. The molecule has 5 nitrogen and oxygen atoms in total. The van der Waals surface area contributed by atoms with Crippen molar-refractivity contribution in [2.75, 3.05) is 0 Å². The van der Waals surface area contributed by atoms with Crippen LogP contribution in [0.25, 0.3) is 0 Å². The molecule has 1 amide bonds. The third-order valence-corrected chi connectivity index (χ3v) is 3.62. The van der Waals surface area contributed by atoms with Gasteiger partial charge in [-0.3, -0.25) is 9.36 Å². The van der Waals surface area contributed by atoms with Crippen LogP contribution in [0.5, 0.6) is 0 Å². The first-order valence-electron chi connectivity index (χ1n) is 3.77. The number of nitrogens with one attached hydrogen (secondary N) is 1. The van der Waals surface area contributed by atoms with Gasteiger partial charge in [0, 0.05) is 0 Å². The van der Waals surface area contributed by atoms with Crippen LogP contribution in [0.1, 0.15) is 20.3 Å². The summed E-state index contributed by atoms with van der Waals surface area (Å²) < 4.78 is 11.0. The van der Waals surface area contributed by atoms with Crippen LogP contribution in [0.4, 0.5) is 0 Å². The molecular weight excluding hydrogens is 193 g/mol. The van der Waals surface area contributed by atoms with Crippen LogP contribution in [0, 0.1) is 0 Å². The molecule has 0 aliphatic heterocycles. The summed E-state index contributed by atoms with van der Waals surface area (Å²) in [7, 11) is -4.33. The fraction of sp³-hybridized carbons (Fsp3) is 0.571. The molecule has 0 fully saturated rings. The van der Waals surface area contributed by atoms with E-state index in [1.54, 1.807) is 6.92 Å². The molecule has 0 spiro atoms. The second-order valence-corrected chi connectivity index (χ2v) is 4.94. The van der Waals surface area contributed by atoms with Gasteiger partial charge in [-0.15, -0.1) is 0 Å². The molecule has 1 atom stereocenters. The van der Waals surface area contributed by atoms with E-state index in [4.69, 9.17) is 9.79 Å². The van der Waals surface area contributed by atoms with Crippen molar-refractivity contribution in [3.8, 4) is 0 Å². The molecule has 0 saturated heterocycles. The Morgan fingerprint density at radius 2 is 2.15 bits per heavy atom. The minimum Gasteiger partial charge on any atom is -0.336 e. The predicted octanol–water partition coefficient (Wildman–Crippen LogP) is 0.592. The molecule has 0 aliphatic carbocycles. The summed E-state index contributed by atoms with van der Waals surface area (Å²) in [6.45, 7) is 6.08. The molecule has 13 heavy (non-hydrogen) atoms. The Bertz CT molecular complexity index is 259. The van der Waals surface area contributed by atoms with Gasteiger partial charge in [0.05, 0.1) is 0 Å². The molecule has 0 heterocycles. The zero-order valence-electron chi connectivity index (χ0n) is 7.65. The molecule has 0 rings (SSSR count). The molecule has 0 radical (unpaired) electrons. The zero-order valence-corrected chi connectivity index (χ0v) is 8.54. The summed E-state index contributed by atoms with van der Waals surface area (Å²) in [4.78, 5) is 28.7. The van der Waals surface area contributed by atoms with Gasteiger partial charge in [0.25, 0.3) is 0 Å². The first-order valence-corrected chi connectivity index (χ1v) is 5.38. The molecule has 0 aromatic carbocycles. The van der Waals surface area contributed by atoms with Crippen molar-refractivity contribution in [1.29, 1.82) is 0 Å². The molecule has 0 aromatic rings. The summed E-state index contributed by atoms with van der Waals surface area (Å²) in [6.07, 6.45) is 1.13. The third-order valence-electron chi connectivity index (χ3n) is 1.91. The van der Waals surface area contributed by atoms with Crippen LogP contribution in [0.15, 0.2) is 12.7 Å². The summed E-state index contributed by atoms with van der Waals surface area (Å²) in [5, 5.41) is 0.711. The van der Waals surface area contributed by atoms with Gasteiger partial charge in [-0.1, -0.05) is 13.5 Å². The maximum atomic E-state index is 11.0. The second-order valence-electron chi connectivity index (χ2n) is 2.86. The largest absolute Gasteiger partial charge is 0.350 e. The van der Waals surface area contributed by atoms with Crippen molar-refractivity contribution in [3.05, 3.63) is 12.7 Å². The number of amides is 1. The molecule has 3 N–H and O–H groups in total. The van der Waals surface area contributed by atoms with Gasteiger partial charge in [0.1, 0.15) is 5.28 Å². The molecule has 1 unspecified atom stereocenters. The maximum Gasteiger partial charge on any atom is 0.350 e. The predicted molar refractivity (Wildman–Crippen MR) is 49.1 cm³/mol. The number of carbonyl (C=O) groups excluding carboxylic acids is 1. The lowest BCUT2D eigenvalue weighted by Crippen LogP contribution is -2.44. The van der Waals surface area contributed by atoms with E-state index in [9.17, 15) is 9.36 Å². The molecule has 0 aromatic heterocycles. The summed E-state index contributed by atoms with van der Waals surface area (Å²) in [6, 6.07) is 0. The summed E-state index contributed by atoms with van der Waals surface area (Å²) in [5.41, 5.74) is 0. The van der Waals surface area contributed by atoms with E-state index in [1.807, 2.05) is 0 Å². The van der Waals surface area contributed by atoms with Crippen molar-refractivity contribution in [2.24, 2.45) is 0 Å². The smallest absolute Gasteiger partial charge is 0.336 e. The number of carbonyl (C=O) groups is 1. The van der Waals surface area contributed by atoms with Crippen LogP contribution >= 0.6 is 7.60 Å². The van der Waals surface area contributed by atoms with E-state index in [0.717, 1.165) is 6.08 Å². The summed E-state index contributed by atoms with van der Waals surface area (Å²) >= 11 is 0. The highest BCUT2D eigenvalue weighted by molar-refractivity contribution is 7.53. The van der Waals surface area contributed by atoms with Crippen molar-refractivity contribution >= 4 is 13.5 Å². The molecular formula is C7H14NO4P. The van der Waals surface area contributed by atoms with Crippen molar-refractivity contribution in [1.82, 2.24) is 5.32 Å². The minimum absolute atomic E-state index is 0.150. The number of hydrogen-bond donors (Lipinski definition) is 3. The van der Waals surface area contributed by atoms with Crippen LogP contribution in [0.2, 0.25) is 0 Å². The van der Waals surface area contributed by atoms with E-state index < -0.39 is 18.8 Å². The maximum absolute atomic E-state index is 11.0. The average Bonchev–Trinajstić information content (AvgIpc) is 2.02. The van der Waals surface area contributed by atoms with Gasteiger partial charge >= 0.3 is 7.60 Å². The van der Waals surface area contributed by atoms with Crippen LogP contribution in [0.3, 0.4) is 0 Å². The van der Waals surface area contributed by atoms with Gasteiger partial charge in [0.2, 0.25) is 5.91 Å². The third kappa shape index (κ3) is 2.95. The van der Waals surface area contributed by atoms with Gasteiger partial charge < -0.3 is 15.1 Å². The number of rotatable bonds is 4. The molecule has 76 valence electrons. The second kappa shape index (κ2) is 4.05. The molecule has 6 heteroatoms. The van der Waals surface area contributed by atoms with Crippen molar-refractivity contribution in [3.63, 3.8) is 0 Å². The van der Waals surface area contributed by atoms with E-state index in [0.29, 0.717) is 0 Å². The topological polar surface area (TPSA) is 86.6 Å². The fourth-order valence-corrected chi connectivity index (χ4v) is 1.35. The molecule has 0 bridgehead atoms. The van der Waals surface area contributed by atoms with Gasteiger partial charge in [-0.05, 0) is 19.4 Å². The standard InChI is InChI=1S/C7H14NO4P/c1-4-6(9)8-7(3,5-2)13(10,11)12/h4H,1,5H2,2-3H3,(H,8,9)(H2,10,11,12). The highest BCUT2D eigenvalue weighted by Gasteiger charge is 2.41. The lowest BCUT2D eigenvalue weighted by atomic mass is 10.2. The van der Waals surface area contributed by atoms with Crippen LogP contribution in [-0.4, -0.2) is 21.0 Å².